The highest BCUT2D eigenvalue weighted by Crippen LogP contribution is 2.54. The molecule has 0 bridgehead atoms. The SMILES string of the molecule is O=C(NC1CCN(C2CCC(F)(F)CC2)C1=O)c1ccc(S(=O)(=O)NCCO)cc1N1CCC2(CC1)CC2. The molecule has 3 N–H and O–H groups in total. The van der Waals surface area contributed by atoms with Crippen LogP contribution < -0.4 is 14.9 Å². The van der Waals surface area contributed by atoms with Gasteiger partial charge in [-0.2, -0.15) is 0 Å². The van der Waals surface area contributed by atoms with Gasteiger partial charge in [0.15, 0.2) is 0 Å². The third-order valence-electron chi connectivity index (χ3n) is 8.72. The summed E-state index contributed by atoms with van der Waals surface area (Å²) in [5, 5.41) is 11.9. The second kappa shape index (κ2) is 10.3. The Balaban J connectivity index is 1.32. The van der Waals surface area contributed by atoms with Crippen LogP contribution in [0, 0.1) is 5.41 Å². The monoisotopic (exact) mass is 554 g/mol. The average Bonchev–Trinajstić information content (AvgIpc) is 3.56. The zero-order chi connectivity index (χ0) is 27.1. The molecule has 2 heterocycles. The van der Waals surface area contributed by atoms with Gasteiger partial charge in [0.05, 0.1) is 22.8 Å². The summed E-state index contributed by atoms with van der Waals surface area (Å²) in [5.41, 5.74) is 1.18. The number of nitrogens with zero attached hydrogens (tertiary/aromatic N) is 2. The molecule has 2 saturated carbocycles. The van der Waals surface area contributed by atoms with Crippen LogP contribution in [0.1, 0.15) is 68.1 Å². The number of sulfonamides is 1. The molecule has 0 aromatic heterocycles. The molecule has 1 atom stereocenters. The maximum Gasteiger partial charge on any atom is 0.254 e. The fourth-order valence-electron chi connectivity index (χ4n) is 6.07. The standard InChI is InChI=1S/C26H36F2N4O5S/c27-26(28)6-3-18(4-7-26)32-13-5-21(24(32)35)30-23(34)20-2-1-19(38(36,37)29-12-16-33)17-22(20)31-14-10-25(8-9-25)11-15-31/h1-2,17-18,21,29,33H,3-16H2,(H,30,34). The highest BCUT2D eigenvalue weighted by Gasteiger charge is 2.45. The molecule has 1 aromatic carbocycles. The van der Waals surface area contributed by atoms with Crippen LogP contribution in [0.5, 0.6) is 0 Å². The normalized spacial score (nSPS) is 25.1. The van der Waals surface area contributed by atoms with Crippen molar-refractivity contribution in [2.24, 2.45) is 5.41 Å². The summed E-state index contributed by atoms with van der Waals surface area (Å²) in [6.45, 7) is 1.36. The Labute approximate surface area is 222 Å². The number of piperidine rings is 1. The molecule has 2 amide bonds. The summed E-state index contributed by atoms with van der Waals surface area (Å²) in [6.07, 6.45) is 4.79. The van der Waals surface area contributed by atoms with Crippen molar-refractivity contribution in [2.45, 2.75) is 80.7 Å². The number of hydrogen-bond acceptors (Lipinski definition) is 6. The van der Waals surface area contributed by atoms with E-state index in [2.05, 4.69) is 10.0 Å². The summed E-state index contributed by atoms with van der Waals surface area (Å²) in [7, 11) is -3.88. The molecule has 1 spiro atoms. The second-order valence-corrected chi connectivity index (χ2v) is 13.0. The van der Waals surface area contributed by atoms with Gasteiger partial charge in [-0.3, -0.25) is 9.59 Å². The van der Waals surface area contributed by atoms with Gasteiger partial charge >= 0.3 is 0 Å². The molecule has 1 aromatic rings. The highest BCUT2D eigenvalue weighted by molar-refractivity contribution is 7.89. The zero-order valence-electron chi connectivity index (χ0n) is 21.4. The van der Waals surface area contributed by atoms with Gasteiger partial charge in [0, 0.05) is 45.1 Å². The Morgan fingerprint density at radius 2 is 1.71 bits per heavy atom. The number of nitrogens with one attached hydrogen (secondary N) is 2. The van der Waals surface area contributed by atoms with E-state index in [1.54, 1.807) is 4.90 Å². The van der Waals surface area contributed by atoms with Crippen molar-refractivity contribution in [1.29, 1.82) is 0 Å². The van der Waals surface area contributed by atoms with Gasteiger partial charge in [-0.25, -0.2) is 21.9 Å². The van der Waals surface area contributed by atoms with Crippen LogP contribution in [0.3, 0.4) is 0 Å². The first-order chi connectivity index (χ1) is 18.0. The van der Waals surface area contributed by atoms with Gasteiger partial charge in [-0.05, 0) is 68.6 Å². The van der Waals surface area contributed by atoms with Gasteiger partial charge in [0.2, 0.25) is 21.9 Å². The van der Waals surface area contributed by atoms with Crippen LogP contribution in [0.15, 0.2) is 23.1 Å². The molecular weight excluding hydrogens is 518 g/mol. The minimum absolute atomic E-state index is 0.00132. The minimum atomic E-state index is -3.88. The number of carbonyl (C=O) groups excluding carboxylic acids is 2. The number of likely N-dealkylation sites (tertiary alicyclic amines) is 1. The third-order valence-corrected chi connectivity index (χ3v) is 10.2. The molecule has 1 unspecified atom stereocenters. The van der Waals surface area contributed by atoms with Crippen molar-refractivity contribution in [2.75, 3.05) is 37.7 Å². The summed E-state index contributed by atoms with van der Waals surface area (Å²) in [4.78, 5) is 30.2. The topological polar surface area (TPSA) is 119 Å². The van der Waals surface area contributed by atoms with Gasteiger partial charge < -0.3 is 20.2 Å². The van der Waals surface area contributed by atoms with Crippen molar-refractivity contribution in [1.82, 2.24) is 14.9 Å². The molecule has 9 nitrogen and oxygen atoms in total. The van der Waals surface area contributed by atoms with Gasteiger partial charge in [-0.15, -0.1) is 0 Å². The quantitative estimate of drug-likeness (QED) is 0.454. The Morgan fingerprint density at radius 1 is 1.03 bits per heavy atom. The predicted octanol–water partition coefficient (Wildman–Crippen LogP) is 2.25. The number of carbonyl (C=O) groups is 2. The summed E-state index contributed by atoms with van der Waals surface area (Å²) >= 11 is 0. The minimum Gasteiger partial charge on any atom is -0.395 e. The first kappa shape index (κ1) is 27.3. The van der Waals surface area contributed by atoms with Crippen molar-refractivity contribution in [3.8, 4) is 0 Å². The molecule has 210 valence electrons. The number of hydrogen-bond donors (Lipinski definition) is 3. The zero-order valence-corrected chi connectivity index (χ0v) is 22.2. The van der Waals surface area contributed by atoms with Crippen molar-refractivity contribution < 1.29 is 31.9 Å². The maximum absolute atomic E-state index is 13.6. The van der Waals surface area contributed by atoms with E-state index in [0.29, 0.717) is 42.7 Å². The van der Waals surface area contributed by atoms with Gasteiger partial charge in [0.25, 0.3) is 5.91 Å². The van der Waals surface area contributed by atoms with E-state index in [0.717, 1.165) is 12.8 Å². The number of benzene rings is 1. The number of halogens is 2. The number of amides is 2. The van der Waals surface area contributed by atoms with Crippen LogP contribution in [-0.2, 0) is 14.8 Å². The lowest BCUT2D eigenvalue weighted by Gasteiger charge is -2.35. The van der Waals surface area contributed by atoms with E-state index in [-0.39, 0.29) is 55.7 Å². The number of rotatable bonds is 8. The first-order valence-corrected chi connectivity index (χ1v) is 15.0. The molecule has 2 saturated heterocycles. The van der Waals surface area contributed by atoms with Crippen LogP contribution in [0.2, 0.25) is 0 Å². The van der Waals surface area contributed by atoms with Crippen molar-refractivity contribution in [3.63, 3.8) is 0 Å². The summed E-state index contributed by atoms with van der Waals surface area (Å²) < 4.78 is 55.0. The Bertz CT molecular complexity index is 1170. The molecule has 5 rings (SSSR count). The number of anilines is 1. The molecule has 4 fully saturated rings. The van der Waals surface area contributed by atoms with Crippen LogP contribution in [0.25, 0.3) is 0 Å². The molecule has 4 aliphatic rings. The van der Waals surface area contributed by atoms with Crippen LogP contribution in [0.4, 0.5) is 14.5 Å². The van der Waals surface area contributed by atoms with E-state index >= 15 is 0 Å². The molecule has 2 aliphatic heterocycles. The van der Waals surface area contributed by atoms with Crippen LogP contribution >= 0.6 is 0 Å². The van der Waals surface area contributed by atoms with Crippen molar-refractivity contribution >= 4 is 27.5 Å². The Hall–Kier alpha value is -2.31. The lowest BCUT2D eigenvalue weighted by atomic mass is 9.91. The van der Waals surface area contributed by atoms with E-state index in [9.17, 15) is 26.8 Å². The molecule has 38 heavy (non-hydrogen) atoms. The molecule has 2 aliphatic carbocycles. The lowest BCUT2D eigenvalue weighted by Crippen LogP contribution is -2.46. The summed E-state index contributed by atoms with van der Waals surface area (Å²) in [5.74, 6) is -3.39. The van der Waals surface area contributed by atoms with E-state index in [4.69, 9.17) is 5.11 Å². The highest BCUT2D eigenvalue weighted by atomic mass is 32.2. The summed E-state index contributed by atoms with van der Waals surface area (Å²) in [6, 6.07) is 3.34. The van der Waals surface area contributed by atoms with Crippen LogP contribution in [-0.4, -0.2) is 81.0 Å². The number of aliphatic hydroxyl groups excluding tert-OH is 1. The third kappa shape index (κ3) is 5.67. The Morgan fingerprint density at radius 3 is 2.34 bits per heavy atom. The number of alkyl halides is 2. The molecular formula is C26H36F2N4O5S. The molecule has 0 radical (unpaired) electrons. The average molecular weight is 555 g/mol. The fourth-order valence-corrected chi connectivity index (χ4v) is 7.11. The van der Waals surface area contributed by atoms with E-state index in [1.807, 2.05) is 4.90 Å². The lowest BCUT2D eigenvalue weighted by molar-refractivity contribution is -0.134. The second-order valence-electron chi connectivity index (χ2n) is 11.2. The van der Waals surface area contributed by atoms with E-state index in [1.165, 1.54) is 31.0 Å². The van der Waals surface area contributed by atoms with Gasteiger partial charge in [0.1, 0.15) is 6.04 Å². The number of aliphatic hydroxyl groups is 1. The smallest absolute Gasteiger partial charge is 0.254 e. The fraction of sp³-hybridized carbons (Fsp3) is 0.692. The first-order valence-electron chi connectivity index (χ1n) is 13.5. The predicted molar refractivity (Wildman–Crippen MR) is 137 cm³/mol. The van der Waals surface area contributed by atoms with E-state index < -0.39 is 27.9 Å². The molecule has 12 heteroatoms. The maximum atomic E-state index is 13.6. The van der Waals surface area contributed by atoms with Crippen molar-refractivity contribution in [3.05, 3.63) is 23.8 Å². The largest absolute Gasteiger partial charge is 0.395 e. The van der Waals surface area contributed by atoms with Gasteiger partial charge in [-0.1, -0.05) is 0 Å². The Kier molecular flexibility index (Phi) is 7.42.